The van der Waals surface area contributed by atoms with E-state index in [-0.39, 0.29) is 30.9 Å². The summed E-state index contributed by atoms with van der Waals surface area (Å²) < 4.78 is 13.8. The highest BCUT2D eigenvalue weighted by Crippen LogP contribution is 2.30. The lowest BCUT2D eigenvalue weighted by atomic mass is 10.2. The number of hydrogen-bond donors (Lipinski definition) is 1. The Kier molecular flexibility index (Phi) is 5.15. The lowest BCUT2D eigenvalue weighted by molar-refractivity contribution is -0.131. The van der Waals surface area contributed by atoms with Crippen molar-refractivity contribution in [2.24, 2.45) is 0 Å². The number of amides is 1. The summed E-state index contributed by atoms with van der Waals surface area (Å²) in [7, 11) is 0. The Labute approximate surface area is 123 Å². The van der Waals surface area contributed by atoms with E-state index < -0.39 is 0 Å². The topological polar surface area (TPSA) is 32.3 Å². The van der Waals surface area contributed by atoms with Crippen LogP contribution in [0, 0.1) is 5.82 Å². The molecule has 1 N–H and O–H groups in total. The monoisotopic (exact) mass is 296 g/mol. The van der Waals surface area contributed by atoms with Crippen LogP contribution in [-0.2, 0) is 11.3 Å². The number of nitrogens with zero attached hydrogens (tertiary/aromatic N) is 1. The molecule has 1 aromatic rings. The Morgan fingerprint density at radius 1 is 1.55 bits per heavy atom. The summed E-state index contributed by atoms with van der Waals surface area (Å²) in [6.45, 7) is 4.62. The van der Waals surface area contributed by atoms with Crippen molar-refractivity contribution in [1.29, 1.82) is 0 Å². The second kappa shape index (κ2) is 6.86. The Morgan fingerprint density at radius 2 is 2.30 bits per heavy atom. The molecule has 0 bridgehead atoms. The maximum Gasteiger partial charge on any atom is 0.237 e. The van der Waals surface area contributed by atoms with Gasteiger partial charge in [0.15, 0.2) is 0 Å². The Bertz CT molecular complexity index is 482. The van der Waals surface area contributed by atoms with Crippen molar-refractivity contribution >= 4 is 17.5 Å². The Balaban J connectivity index is 2.06. The van der Waals surface area contributed by atoms with Crippen molar-refractivity contribution in [3.8, 4) is 0 Å². The quantitative estimate of drug-likeness (QED) is 0.620. The number of carbonyl (C=O) groups is 1. The second-order valence-corrected chi connectivity index (χ2v) is 5.28. The maximum atomic E-state index is 13.8. The summed E-state index contributed by atoms with van der Waals surface area (Å²) in [5, 5.41) is 3.34. The van der Waals surface area contributed by atoms with Crippen molar-refractivity contribution < 1.29 is 9.18 Å². The fraction of sp³-hybridized carbons (Fsp3) is 0.400. The molecule has 0 heterocycles. The van der Waals surface area contributed by atoms with Gasteiger partial charge in [0, 0.05) is 23.2 Å². The van der Waals surface area contributed by atoms with E-state index in [2.05, 4.69) is 11.9 Å². The van der Waals surface area contributed by atoms with Crippen LogP contribution in [0.1, 0.15) is 18.4 Å². The normalized spacial score (nSPS) is 14.1. The predicted molar refractivity (Wildman–Crippen MR) is 78.0 cm³/mol. The molecule has 1 aromatic carbocycles. The molecular weight excluding hydrogens is 279 g/mol. The number of nitrogens with one attached hydrogen (secondary N) is 1. The molecule has 1 fully saturated rings. The zero-order valence-electron chi connectivity index (χ0n) is 11.2. The maximum absolute atomic E-state index is 13.8. The summed E-state index contributed by atoms with van der Waals surface area (Å²) in [5.41, 5.74) is 0.387. The molecule has 108 valence electrons. The molecular formula is C15H18ClFN2O. The number of rotatable bonds is 7. The lowest BCUT2D eigenvalue weighted by Crippen LogP contribution is -2.39. The van der Waals surface area contributed by atoms with Crippen LogP contribution < -0.4 is 5.32 Å². The first-order valence-corrected chi connectivity index (χ1v) is 7.05. The van der Waals surface area contributed by atoms with Crippen molar-refractivity contribution in [2.75, 3.05) is 13.1 Å². The SMILES string of the molecule is C=CCNCC(=O)N(Cc1c(F)cccc1Cl)C1CC1. The molecule has 5 heteroatoms. The summed E-state index contributed by atoms with van der Waals surface area (Å²) in [5.74, 6) is -0.399. The third-order valence-corrected chi connectivity index (χ3v) is 3.62. The molecule has 0 radical (unpaired) electrons. The van der Waals surface area contributed by atoms with Gasteiger partial charge in [-0.15, -0.1) is 6.58 Å². The van der Waals surface area contributed by atoms with Crippen LogP contribution >= 0.6 is 11.6 Å². The van der Waals surface area contributed by atoms with E-state index in [1.54, 1.807) is 23.1 Å². The van der Waals surface area contributed by atoms with Crippen molar-refractivity contribution in [3.63, 3.8) is 0 Å². The molecule has 0 unspecified atom stereocenters. The largest absolute Gasteiger partial charge is 0.334 e. The highest BCUT2D eigenvalue weighted by atomic mass is 35.5. The third-order valence-electron chi connectivity index (χ3n) is 3.26. The van der Waals surface area contributed by atoms with Gasteiger partial charge >= 0.3 is 0 Å². The Morgan fingerprint density at radius 3 is 2.90 bits per heavy atom. The van der Waals surface area contributed by atoms with E-state index in [1.807, 2.05) is 0 Å². The minimum Gasteiger partial charge on any atom is -0.334 e. The first-order chi connectivity index (χ1) is 9.63. The summed E-state index contributed by atoms with van der Waals surface area (Å²) in [6, 6.07) is 4.79. The van der Waals surface area contributed by atoms with E-state index in [0.717, 1.165) is 12.8 Å². The highest BCUT2D eigenvalue weighted by molar-refractivity contribution is 6.31. The average Bonchev–Trinajstić information content (AvgIpc) is 3.23. The molecule has 1 amide bonds. The average molecular weight is 297 g/mol. The van der Waals surface area contributed by atoms with Gasteiger partial charge in [0.1, 0.15) is 5.82 Å². The molecule has 2 rings (SSSR count). The summed E-state index contributed by atoms with van der Waals surface area (Å²) in [4.78, 5) is 13.9. The van der Waals surface area contributed by atoms with Crippen LogP contribution in [-0.4, -0.2) is 29.9 Å². The van der Waals surface area contributed by atoms with Gasteiger partial charge in [0.2, 0.25) is 5.91 Å². The van der Waals surface area contributed by atoms with Gasteiger partial charge in [-0.1, -0.05) is 23.7 Å². The van der Waals surface area contributed by atoms with Crippen molar-refractivity contribution in [2.45, 2.75) is 25.4 Å². The molecule has 1 aliphatic carbocycles. The van der Waals surface area contributed by atoms with Gasteiger partial charge in [0.05, 0.1) is 13.1 Å². The van der Waals surface area contributed by atoms with Crippen LogP contribution in [0.3, 0.4) is 0 Å². The van der Waals surface area contributed by atoms with Gasteiger partial charge < -0.3 is 10.2 Å². The van der Waals surface area contributed by atoms with Crippen molar-refractivity contribution in [3.05, 3.63) is 47.3 Å². The van der Waals surface area contributed by atoms with E-state index >= 15 is 0 Å². The van der Waals surface area contributed by atoms with Gasteiger partial charge in [-0.3, -0.25) is 4.79 Å². The zero-order chi connectivity index (χ0) is 14.5. The molecule has 0 saturated heterocycles. The molecule has 20 heavy (non-hydrogen) atoms. The third kappa shape index (κ3) is 3.81. The number of hydrogen-bond acceptors (Lipinski definition) is 2. The standard InChI is InChI=1S/C15H18ClFN2O/c1-2-8-18-9-15(20)19(11-6-7-11)10-12-13(16)4-3-5-14(12)17/h2-5,11,18H,1,6-10H2. The van der Waals surface area contributed by atoms with E-state index in [4.69, 9.17) is 11.6 Å². The van der Waals surface area contributed by atoms with Gasteiger partial charge in [-0.2, -0.15) is 0 Å². The molecule has 0 atom stereocenters. The van der Waals surface area contributed by atoms with Crippen LogP contribution in [0.25, 0.3) is 0 Å². The summed E-state index contributed by atoms with van der Waals surface area (Å²) >= 11 is 6.02. The van der Waals surface area contributed by atoms with Gasteiger partial charge in [-0.25, -0.2) is 4.39 Å². The molecule has 0 aromatic heterocycles. The van der Waals surface area contributed by atoms with Gasteiger partial charge in [-0.05, 0) is 25.0 Å². The van der Waals surface area contributed by atoms with Crippen molar-refractivity contribution in [1.82, 2.24) is 10.2 Å². The van der Waals surface area contributed by atoms with Crippen LogP contribution in [0.15, 0.2) is 30.9 Å². The minimum absolute atomic E-state index is 0.0336. The predicted octanol–water partition coefficient (Wildman–Crippen LogP) is 2.75. The van der Waals surface area contributed by atoms with E-state index in [0.29, 0.717) is 17.1 Å². The van der Waals surface area contributed by atoms with Crippen LogP contribution in [0.4, 0.5) is 4.39 Å². The summed E-state index contributed by atoms with van der Waals surface area (Å²) in [6.07, 6.45) is 3.64. The van der Waals surface area contributed by atoms with Gasteiger partial charge in [0.25, 0.3) is 0 Å². The number of carbonyl (C=O) groups excluding carboxylic acids is 1. The Hall–Kier alpha value is -1.39. The first kappa shape index (κ1) is 15.0. The first-order valence-electron chi connectivity index (χ1n) is 6.67. The molecule has 1 saturated carbocycles. The fourth-order valence-corrected chi connectivity index (χ4v) is 2.27. The highest BCUT2D eigenvalue weighted by Gasteiger charge is 2.33. The molecule has 0 aliphatic heterocycles. The molecule has 0 spiro atoms. The van der Waals surface area contributed by atoms with E-state index in [1.165, 1.54) is 6.07 Å². The second-order valence-electron chi connectivity index (χ2n) is 4.87. The number of halogens is 2. The molecule has 1 aliphatic rings. The number of benzene rings is 1. The minimum atomic E-state index is -0.366. The zero-order valence-corrected chi connectivity index (χ0v) is 12.0. The lowest BCUT2D eigenvalue weighted by Gasteiger charge is -2.23. The van der Waals surface area contributed by atoms with E-state index in [9.17, 15) is 9.18 Å². The van der Waals surface area contributed by atoms with Crippen LogP contribution in [0.5, 0.6) is 0 Å². The van der Waals surface area contributed by atoms with Crippen LogP contribution in [0.2, 0.25) is 5.02 Å². The smallest absolute Gasteiger partial charge is 0.237 e. The fourth-order valence-electron chi connectivity index (χ4n) is 2.04. The molecule has 3 nitrogen and oxygen atoms in total.